The van der Waals surface area contributed by atoms with Gasteiger partial charge in [-0.3, -0.25) is 19.4 Å². The van der Waals surface area contributed by atoms with Gasteiger partial charge in [-0.2, -0.15) is 0 Å². The summed E-state index contributed by atoms with van der Waals surface area (Å²) in [6.07, 6.45) is 1.51. The number of carbonyl (C=O) groups excluding carboxylic acids is 2. The molecule has 1 aliphatic heterocycles. The Labute approximate surface area is 187 Å². The van der Waals surface area contributed by atoms with Gasteiger partial charge in [-0.15, -0.1) is 0 Å². The fourth-order valence-corrected chi connectivity index (χ4v) is 3.73. The third-order valence-electron chi connectivity index (χ3n) is 4.55. The first-order valence-electron chi connectivity index (χ1n) is 9.00. The van der Waals surface area contributed by atoms with Crippen LogP contribution in [0.25, 0.3) is 6.08 Å². The average molecular weight is 479 g/mol. The van der Waals surface area contributed by atoms with Crippen LogP contribution < -0.4 is 9.80 Å². The molecule has 2 amide bonds. The fourth-order valence-electron chi connectivity index (χ4n) is 3.09. The van der Waals surface area contributed by atoms with Crippen LogP contribution in [0.3, 0.4) is 0 Å². The molecule has 1 N–H and O–H groups in total. The maximum atomic E-state index is 13.3. The number of phenols is 1. The zero-order valence-electron chi connectivity index (χ0n) is 15.5. The largest absolute Gasteiger partial charge is 0.508 e. The van der Waals surface area contributed by atoms with Gasteiger partial charge in [-0.1, -0.05) is 46.3 Å². The molecular formula is C23H15BrN2O3S. The summed E-state index contributed by atoms with van der Waals surface area (Å²) in [6, 6.07) is 22.3. The highest BCUT2D eigenvalue weighted by atomic mass is 79.9. The van der Waals surface area contributed by atoms with E-state index in [-0.39, 0.29) is 16.4 Å². The lowest BCUT2D eigenvalue weighted by Crippen LogP contribution is -2.56. The summed E-state index contributed by atoms with van der Waals surface area (Å²) in [5.74, 6) is -0.910. The second-order valence-corrected chi connectivity index (χ2v) is 7.81. The van der Waals surface area contributed by atoms with E-state index in [4.69, 9.17) is 12.2 Å². The minimum Gasteiger partial charge on any atom is -0.508 e. The quantitative estimate of drug-likeness (QED) is 0.330. The van der Waals surface area contributed by atoms with Gasteiger partial charge in [0.1, 0.15) is 11.3 Å². The van der Waals surface area contributed by atoms with Crippen LogP contribution in [-0.4, -0.2) is 22.0 Å². The minimum absolute atomic E-state index is 0.0268. The predicted octanol–water partition coefficient (Wildman–Crippen LogP) is 4.90. The molecule has 3 aromatic carbocycles. The Morgan fingerprint density at radius 3 is 1.87 bits per heavy atom. The van der Waals surface area contributed by atoms with E-state index in [0.717, 1.165) is 4.47 Å². The van der Waals surface area contributed by atoms with Crippen LogP contribution in [0.15, 0.2) is 88.9 Å². The van der Waals surface area contributed by atoms with E-state index < -0.39 is 11.8 Å². The molecule has 1 saturated heterocycles. The van der Waals surface area contributed by atoms with Crippen LogP contribution in [-0.2, 0) is 9.59 Å². The molecule has 1 fully saturated rings. The lowest BCUT2D eigenvalue weighted by molar-refractivity contribution is -0.120. The number of nitrogens with zero attached hydrogens (tertiary/aromatic N) is 2. The van der Waals surface area contributed by atoms with Gasteiger partial charge in [0.05, 0.1) is 11.4 Å². The molecule has 0 aromatic heterocycles. The topological polar surface area (TPSA) is 60.9 Å². The van der Waals surface area contributed by atoms with Gasteiger partial charge < -0.3 is 5.11 Å². The number of rotatable bonds is 3. The third-order valence-corrected chi connectivity index (χ3v) is 5.45. The number of phenolic OH excluding ortho intramolecular Hbond substituents is 1. The van der Waals surface area contributed by atoms with E-state index >= 15 is 0 Å². The second kappa shape index (κ2) is 8.22. The molecule has 30 heavy (non-hydrogen) atoms. The molecule has 0 bridgehead atoms. The number of halogens is 1. The third kappa shape index (κ3) is 3.77. The zero-order chi connectivity index (χ0) is 21.3. The summed E-state index contributed by atoms with van der Waals surface area (Å²) >= 11 is 8.96. The fraction of sp³-hybridized carbons (Fsp3) is 0. The smallest absolute Gasteiger partial charge is 0.270 e. The Kier molecular flexibility index (Phi) is 5.48. The molecule has 0 radical (unpaired) electrons. The van der Waals surface area contributed by atoms with Gasteiger partial charge in [0.15, 0.2) is 5.11 Å². The van der Waals surface area contributed by atoms with Crippen LogP contribution in [0.2, 0.25) is 0 Å². The highest BCUT2D eigenvalue weighted by Crippen LogP contribution is 2.30. The number of thiocarbonyl (C=S) groups is 1. The lowest BCUT2D eigenvalue weighted by atomic mass is 10.0. The minimum atomic E-state index is -0.507. The van der Waals surface area contributed by atoms with Gasteiger partial charge in [0, 0.05) is 4.47 Å². The number of aromatic hydroxyl groups is 1. The Hall–Kier alpha value is -3.29. The van der Waals surface area contributed by atoms with Crippen molar-refractivity contribution in [3.63, 3.8) is 0 Å². The number of carbonyl (C=O) groups is 2. The number of amides is 2. The monoisotopic (exact) mass is 478 g/mol. The van der Waals surface area contributed by atoms with E-state index in [2.05, 4.69) is 15.9 Å². The Morgan fingerprint density at radius 1 is 0.767 bits per heavy atom. The van der Waals surface area contributed by atoms with E-state index in [1.54, 1.807) is 60.7 Å². The molecule has 1 aliphatic rings. The molecule has 5 nitrogen and oxygen atoms in total. The molecule has 0 aliphatic carbocycles. The molecule has 1 heterocycles. The summed E-state index contributed by atoms with van der Waals surface area (Å²) in [5.41, 5.74) is 1.71. The van der Waals surface area contributed by atoms with E-state index in [1.165, 1.54) is 28.0 Å². The maximum absolute atomic E-state index is 13.3. The summed E-state index contributed by atoms with van der Waals surface area (Å²) in [5, 5.41) is 9.60. The molecule has 0 unspecified atom stereocenters. The van der Waals surface area contributed by atoms with Gasteiger partial charge in [0.25, 0.3) is 11.8 Å². The van der Waals surface area contributed by atoms with Crippen molar-refractivity contribution in [3.8, 4) is 5.75 Å². The molecule has 0 atom stereocenters. The predicted molar refractivity (Wildman–Crippen MR) is 124 cm³/mol. The molecule has 3 aromatic rings. The number of benzene rings is 3. The van der Waals surface area contributed by atoms with Crippen molar-refractivity contribution in [2.75, 3.05) is 9.80 Å². The first-order valence-corrected chi connectivity index (χ1v) is 10.2. The molecule has 0 spiro atoms. The summed E-state index contributed by atoms with van der Waals surface area (Å²) in [7, 11) is 0. The van der Waals surface area contributed by atoms with Gasteiger partial charge >= 0.3 is 0 Å². The lowest BCUT2D eigenvalue weighted by Gasteiger charge is -2.36. The summed E-state index contributed by atoms with van der Waals surface area (Å²) in [4.78, 5) is 29.4. The van der Waals surface area contributed by atoms with Crippen LogP contribution >= 0.6 is 28.1 Å². The van der Waals surface area contributed by atoms with Gasteiger partial charge in [0.2, 0.25) is 0 Å². The van der Waals surface area contributed by atoms with Crippen molar-refractivity contribution in [1.29, 1.82) is 0 Å². The van der Waals surface area contributed by atoms with Crippen molar-refractivity contribution < 1.29 is 14.7 Å². The van der Waals surface area contributed by atoms with Crippen molar-refractivity contribution >= 4 is 62.5 Å². The number of hydrogen-bond acceptors (Lipinski definition) is 4. The number of anilines is 2. The van der Waals surface area contributed by atoms with Crippen molar-refractivity contribution in [2.24, 2.45) is 0 Å². The number of para-hydroxylation sites is 1. The average Bonchev–Trinajstić information content (AvgIpc) is 2.75. The standard InChI is InChI=1S/C23H15BrN2O3S/c24-16-8-10-18(11-9-16)26-22(29)20(14-15-6-12-19(27)13-7-15)21(28)25(23(26)30)17-4-2-1-3-5-17/h1-14,27H/b20-14-. The second-order valence-electron chi connectivity index (χ2n) is 6.53. The van der Waals surface area contributed by atoms with Crippen LogP contribution in [0.5, 0.6) is 5.75 Å². The SMILES string of the molecule is O=C1/C(=C/c2ccc(O)cc2)C(=O)N(c2ccc(Br)cc2)C(=S)N1c1ccccc1. The van der Waals surface area contributed by atoms with E-state index in [9.17, 15) is 14.7 Å². The first kappa shape index (κ1) is 20.0. The maximum Gasteiger partial charge on any atom is 0.270 e. The molecule has 7 heteroatoms. The normalized spacial score (nSPS) is 15.8. The van der Waals surface area contributed by atoms with Crippen molar-refractivity contribution in [1.82, 2.24) is 0 Å². The Morgan fingerprint density at radius 2 is 1.30 bits per heavy atom. The van der Waals surface area contributed by atoms with E-state index in [0.29, 0.717) is 16.9 Å². The Bertz CT molecular complexity index is 1160. The first-order chi connectivity index (χ1) is 14.5. The molecule has 4 rings (SSSR count). The molecule has 148 valence electrons. The van der Waals surface area contributed by atoms with Gasteiger partial charge in [-0.05, 0) is 72.4 Å². The Balaban J connectivity index is 1.86. The zero-order valence-corrected chi connectivity index (χ0v) is 17.9. The summed E-state index contributed by atoms with van der Waals surface area (Å²) in [6.45, 7) is 0. The van der Waals surface area contributed by atoms with Crippen LogP contribution in [0.4, 0.5) is 11.4 Å². The van der Waals surface area contributed by atoms with Crippen LogP contribution in [0.1, 0.15) is 5.56 Å². The molecule has 0 saturated carbocycles. The van der Waals surface area contributed by atoms with E-state index in [1.807, 2.05) is 6.07 Å². The van der Waals surface area contributed by atoms with Crippen molar-refractivity contribution in [3.05, 3.63) is 94.5 Å². The highest BCUT2D eigenvalue weighted by molar-refractivity contribution is 9.10. The molecular weight excluding hydrogens is 464 g/mol. The highest BCUT2D eigenvalue weighted by Gasteiger charge is 2.41. The summed E-state index contributed by atoms with van der Waals surface area (Å²) < 4.78 is 0.859. The van der Waals surface area contributed by atoms with Crippen LogP contribution in [0, 0.1) is 0 Å². The van der Waals surface area contributed by atoms with Gasteiger partial charge in [-0.25, -0.2) is 0 Å². The van der Waals surface area contributed by atoms with Crippen molar-refractivity contribution in [2.45, 2.75) is 0 Å². The number of hydrogen-bond donors (Lipinski definition) is 1.